The average molecular weight is 281 g/mol. The van der Waals surface area contributed by atoms with Crippen LogP contribution in [0.25, 0.3) is 0 Å². The van der Waals surface area contributed by atoms with Crippen LogP contribution < -0.4 is 5.32 Å². The van der Waals surface area contributed by atoms with Crippen LogP contribution in [0.4, 0.5) is 4.79 Å². The van der Waals surface area contributed by atoms with Crippen LogP contribution in [0.1, 0.15) is 18.4 Å². The normalized spacial score (nSPS) is 25.4. The fraction of sp³-hybridized carbons (Fsp3) is 0.500. The maximum Gasteiger partial charge on any atom is 0.318 e. The molecule has 0 aromatic heterocycles. The van der Waals surface area contributed by atoms with E-state index in [2.05, 4.69) is 5.32 Å². The molecule has 2 heterocycles. The molecule has 1 N–H and O–H groups in total. The van der Waals surface area contributed by atoms with E-state index in [-0.39, 0.29) is 18.1 Å². The molecule has 0 spiro atoms. The number of fused-ring (bicyclic) bond motifs is 2. The Balaban J connectivity index is 1.58. The summed E-state index contributed by atoms with van der Waals surface area (Å²) in [6, 6.07) is 8.05. The summed E-state index contributed by atoms with van der Waals surface area (Å²) in [5, 5.41) is 3.69. The Hall–Kier alpha value is -1.26. The average Bonchev–Trinajstić information content (AvgIpc) is 2.67. The number of halogens is 1. The molecule has 2 saturated heterocycles. The molecule has 3 rings (SSSR count). The Kier molecular flexibility index (Phi) is 3.62. The minimum absolute atomic E-state index is 0.0192. The van der Waals surface area contributed by atoms with Crippen molar-refractivity contribution in [2.75, 3.05) is 13.2 Å². The smallest absolute Gasteiger partial charge is 0.318 e. The summed E-state index contributed by atoms with van der Waals surface area (Å²) < 4.78 is 5.48. The van der Waals surface area contributed by atoms with E-state index in [1.807, 2.05) is 29.2 Å². The maximum atomic E-state index is 12.2. The van der Waals surface area contributed by atoms with E-state index in [0.717, 1.165) is 18.4 Å². The molecule has 2 amide bonds. The fourth-order valence-electron chi connectivity index (χ4n) is 2.83. The number of ether oxygens (including phenoxy) is 1. The predicted molar refractivity (Wildman–Crippen MR) is 73.2 cm³/mol. The van der Waals surface area contributed by atoms with Gasteiger partial charge < -0.3 is 15.0 Å². The van der Waals surface area contributed by atoms with Gasteiger partial charge in [-0.15, -0.1) is 0 Å². The number of hydrogen-bond donors (Lipinski definition) is 1. The predicted octanol–water partition coefficient (Wildman–Crippen LogP) is 2.41. The summed E-state index contributed by atoms with van der Waals surface area (Å²) in [7, 11) is 0. The Morgan fingerprint density at radius 1 is 1.26 bits per heavy atom. The quantitative estimate of drug-likeness (QED) is 0.904. The second kappa shape index (κ2) is 5.39. The van der Waals surface area contributed by atoms with Crippen LogP contribution in [0, 0.1) is 0 Å². The summed E-state index contributed by atoms with van der Waals surface area (Å²) in [5.74, 6) is 0. The molecule has 102 valence electrons. The van der Waals surface area contributed by atoms with Crippen molar-refractivity contribution in [2.45, 2.75) is 31.5 Å². The second-order valence-corrected chi connectivity index (χ2v) is 5.55. The number of rotatable bonds is 2. The van der Waals surface area contributed by atoms with E-state index < -0.39 is 0 Å². The molecule has 4 nitrogen and oxygen atoms in total. The molecule has 19 heavy (non-hydrogen) atoms. The van der Waals surface area contributed by atoms with Crippen molar-refractivity contribution in [2.24, 2.45) is 0 Å². The van der Waals surface area contributed by atoms with Gasteiger partial charge in [0.05, 0.1) is 25.3 Å². The number of morpholine rings is 1. The SMILES string of the molecule is O=C(NCc1ccc(Cl)cc1)N1[C@@H]2CC[C@H]1COC2. The first-order chi connectivity index (χ1) is 9.24. The van der Waals surface area contributed by atoms with E-state index in [0.29, 0.717) is 24.8 Å². The third-order valence-corrected chi connectivity index (χ3v) is 4.08. The molecule has 2 bridgehead atoms. The van der Waals surface area contributed by atoms with Crippen LogP contribution in [0.3, 0.4) is 0 Å². The van der Waals surface area contributed by atoms with Crippen LogP contribution in [-0.2, 0) is 11.3 Å². The summed E-state index contributed by atoms with van der Waals surface area (Å²) >= 11 is 5.83. The Morgan fingerprint density at radius 3 is 2.53 bits per heavy atom. The fourth-order valence-corrected chi connectivity index (χ4v) is 2.96. The molecule has 2 aliphatic rings. The Bertz CT molecular complexity index is 447. The second-order valence-electron chi connectivity index (χ2n) is 5.11. The van der Waals surface area contributed by atoms with Gasteiger partial charge >= 0.3 is 6.03 Å². The third kappa shape index (κ3) is 2.69. The first kappa shape index (κ1) is 12.8. The number of nitrogens with zero attached hydrogens (tertiary/aromatic N) is 1. The zero-order valence-corrected chi connectivity index (χ0v) is 11.4. The molecule has 5 heteroatoms. The Labute approximate surface area is 117 Å². The van der Waals surface area contributed by atoms with Gasteiger partial charge in [0.25, 0.3) is 0 Å². The summed E-state index contributed by atoms with van der Waals surface area (Å²) in [6.45, 7) is 1.88. The van der Waals surface area contributed by atoms with Crippen LogP contribution >= 0.6 is 11.6 Å². The van der Waals surface area contributed by atoms with Gasteiger partial charge in [-0.05, 0) is 30.5 Å². The van der Waals surface area contributed by atoms with Gasteiger partial charge in [-0.2, -0.15) is 0 Å². The topological polar surface area (TPSA) is 41.6 Å². The van der Waals surface area contributed by atoms with E-state index in [4.69, 9.17) is 16.3 Å². The van der Waals surface area contributed by atoms with Gasteiger partial charge in [0, 0.05) is 11.6 Å². The van der Waals surface area contributed by atoms with Gasteiger partial charge in [-0.1, -0.05) is 23.7 Å². The third-order valence-electron chi connectivity index (χ3n) is 3.83. The lowest BCUT2D eigenvalue weighted by Crippen LogP contribution is -2.52. The van der Waals surface area contributed by atoms with E-state index in [1.54, 1.807) is 0 Å². The number of amides is 2. The highest BCUT2D eigenvalue weighted by atomic mass is 35.5. The van der Waals surface area contributed by atoms with Crippen molar-refractivity contribution < 1.29 is 9.53 Å². The summed E-state index contributed by atoms with van der Waals surface area (Å²) in [5.41, 5.74) is 1.05. The molecule has 2 fully saturated rings. The van der Waals surface area contributed by atoms with Gasteiger partial charge in [0.2, 0.25) is 0 Å². The van der Waals surface area contributed by atoms with Crippen LogP contribution in [0.5, 0.6) is 0 Å². The maximum absolute atomic E-state index is 12.2. The highest BCUT2D eigenvalue weighted by molar-refractivity contribution is 6.30. The van der Waals surface area contributed by atoms with Crippen LogP contribution in [0.2, 0.25) is 5.02 Å². The van der Waals surface area contributed by atoms with Crippen molar-refractivity contribution >= 4 is 17.6 Å². The highest BCUT2D eigenvalue weighted by Crippen LogP contribution is 2.28. The number of carbonyl (C=O) groups is 1. The zero-order valence-electron chi connectivity index (χ0n) is 10.6. The molecule has 1 aromatic carbocycles. The van der Waals surface area contributed by atoms with E-state index >= 15 is 0 Å². The molecule has 0 saturated carbocycles. The van der Waals surface area contributed by atoms with E-state index in [9.17, 15) is 4.79 Å². The van der Waals surface area contributed by atoms with Crippen molar-refractivity contribution in [3.63, 3.8) is 0 Å². The Morgan fingerprint density at radius 2 is 1.89 bits per heavy atom. The minimum Gasteiger partial charge on any atom is -0.377 e. The largest absolute Gasteiger partial charge is 0.377 e. The number of nitrogens with one attached hydrogen (secondary N) is 1. The highest BCUT2D eigenvalue weighted by Gasteiger charge is 2.40. The van der Waals surface area contributed by atoms with Gasteiger partial charge in [0.15, 0.2) is 0 Å². The standard InChI is InChI=1S/C14H17ClN2O2/c15-11-3-1-10(2-4-11)7-16-14(18)17-12-5-6-13(17)9-19-8-12/h1-4,12-13H,5-9H2,(H,16,18)/t12-,13+. The van der Waals surface area contributed by atoms with Gasteiger partial charge in [0.1, 0.15) is 0 Å². The first-order valence-corrected chi connectivity index (χ1v) is 7.00. The number of urea groups is 1. The van der Waals surface area contributed by atoms with Crippen LogP contribution in [-0.4, -0.2) is 36.2 Å². The molecule has 0 radical (unpaired) electrons. The molecular weight excluding hydrogens is 264 g/mol. The van der Waals surface area contributed by atoms with Crippen molar-refractivity contribution in [1.29, 1.82) is 0 Å². The monoisotopic (exact) mass is 280 g/mol. The first-order valence-electron chi connectivity index (χ1n) is 6.62. The molecule has 2 atom stereocenters. The number of benzene rings is 1. The van der Waals surface area contributed by atoms with Gasteiger partial charge in [-0.3, -0.25) is 0 Å². The van der Waals surface area contributed by atoms with Crippen molar-refractivity contribution in [1.82, 2.24) is 10.2 Å². The molecule has 0 unspecified atom stereocenters. The molecular formula is C14H17ClN2O2. The zero-order chi connectivity index (χ0) is 13.2. The van der Waals surface area contributed by atoms with Crippen LogP contribution in [0.15, 0.2) is 24.3 Å². The van der Waals surface area contributed by atoms with E-state index in [1.165, 1.54) is 0 Å². The van der Waals surface area contributed by atoms with Gasteiger partial charge in [-0.25, -0.2) is 4.79 Å². The molecule has 1 aromatic rings. The lowest BCUT2D eigenvalue weighted by atomic mass is 10.2. The summed E-state index contributed by atoms with van der Waals surface area (Å²) in [4.78, 5) is 14.2. The van der Waals surface area contributed by atoms with Crippen molar-refractivity contribution in [3.8, 4) is 0 Å². The number of carbonyl (C=O) groups excluding carboxylic acids is 1. The molecule has 0 aliphatic carbocycles. The lowest BCUT2D eigenvalue weighted by molar-refractivity contribution is 0.00631. The van der Waals surface area contributed by atoms with Crippen molar-refractivity contribution in [3.05, 3.63) is 34.9 Å². The minimum atomic E-state index is 0.0192. The summed E-state index contributed by atoms with van der Waals surface area (Å²) in [6.07, 6.45) is 2.11. The number of hydrogen-bond acceptors (Lipinski definition) is 2. The molecule has 2 aliphatic heterocycles. The lowest BCUT2D eigenvalue weighted by Gasteiger charge is -2.34.